The lowest BCUT2D eigenvalue weighted by Crippen LogP contribution is -2.19. The summed E-state index contributed by atoms with van der Waals surface area (Å²) in [6, 6.07) is 4.47. The van der Waals surface area contributed by atoms with Crippen LogP contribution < -0.4 is 9.64 Å². The van der Waals surface area contributed by atoms with Crippen molar-refractivity contribution in [3.8, 4) is 5.75 Å². The van der Waals surface area contributed by atoms with Crippen LogP contribution >= 0.6 is 0 Å². The summed E-state index contributed by atoms with van der Waals surface area (Å²) in [7, 11) is 3.42. The zero-order chi connectivity index (χ0) is 14.8. The van der Waals surface area contributed by atoms with Crippen molar-refractivity contribution < 1.29 is 9.13 Å². The van der Waals surface area contributed by atoms with Crippen molar-refractivity contribution in [2.75, 3.05) is 19.1 Å². The molecule has 0 amide bonds. The highest BCUT2D eigenvalue weighted by molar-refractivity contribution is 5.74. The number of ether oxygens (including phenoxy) is 1. The zero-order valence-electron chi connectivity index (χ0n) is 11.7. The number of hydrogen-bond donors (Lipinski definition) is 1. The van der Waals surface area contributed by atoms with Gasteiger partial charge < -0.3 is 14.6 Å². The minimum Gasteiger partial charge on any atom is -0.494 e. The second-order valence-corrected chi connectivity index (χ2v) is 4.62. The maximum Gasteiger partial charge on any atom is 0.225 e. The monoisotopic (exact) mass is 287 g/mol. The summed E-state index contributed by atoms with van der Waals surface area (Å²) < 4.78 is 18.2. The molecule has 2 aromatic heterocycles. The van der Waals surface area contributed by atoms with Crippen LogP contribution in [0.3, 0.4) is 0 Å². The molecular weight excluding hydrogens is 273 g/mol. The number of rotatable bonds is 4. The molecule has 1 N–H and O–H groups in total. The molecule has 3 rings (SSSR count). The number of nitrogens with one attached hydrogen (secondary N) is 1. The molecular formula is C14H14FN5O. The van der Waals surface area contributed by atoms with Gasteiger partial charge in [0, 0.05) is 7.05 Å². The van der Waals surface area contributed by atoms with E-state index in [-0.39, 0.29) is 5.82 Å². The van der Waals surface area contributed by atoms with Crippen LogP contribution in [0.4, 0.5) is 10.3 Å². The van der Waals surface area contributed by atoms with Gasteiger partial charge in [0.25, 0.3) is 0 Å². The fraction of sp³-hybridized carbons (Fsp3) is 0.214. The first-order valence-corrected chi connectivity index (χ1v) is 6.37. The maximum atomic E-state index is 13.2. The van der Waals surface area contributed by atoms with Gasteiger partial charge in [-0.3, -0.25) is 0 Å². The molecule has 0 unspecified atom stereocenters. The summed E-state index contributed by atoms with van der Waals surface area (Å²) in [5.41, 5.74) is 1.41. The van der Waals surface area contributed by atoms with Crippen molar-refractivity contribution in [3.63, 3.8) is 0 Å². The Labute approximate surface area is 120 Å². The average molecular weight is 287 g/mol. The highest BCUT2D eigenvalue weighted by atomic mass is 19.1. The molecule has 0 fully saturated rings. The largest absolute Gasteiger partial charge is 0.494 e. The van der Waals surface area contributed by atoms with E-state index in [0.717, 1.165) is 11.3 Å². The minimum atomic E-state index is -0.287. The number of halogens is 1. The van der Waals surface area contributed by atoms with Gasteiger partial charge >= 0.3 is 0 Å². The van der Waals surface area contributed by atoms with Gasteiger partial charge in [-0.2, -0.15) is 0 Å². The van der Waals surface area contributed by atoms with E-state index in [4.69, 9.17) is 4.74 Å². The third kappa shape index (κ3) is 2.76. The fourth-order valence-corrected chi connectivity index (χ4v) is 2.02. The number of H-pyrrole nitrogens is 1. The van der Waals surface area contributed by atoms with Gasteiger partial charge in [-0.25, -0.2) is 19.3 Å². The van der Waals surface area contributed by atoms with Crippen LogP contribution in [0, 0.1) is 5.82 Å². The Balaban J connectivity index is 1.79. The fourth-order valence-electron chi connectivity index (χ4n) is 2.02. The quantitative estimate of drug-likeness (QED) is 0.796. The standard InChI is InChI=1S/C14H14FN5O/c1-20(14-16-6-10(21-2)7-17-14)8-13-18-11-4-3-9(15)5-12(11)19-13/h3-7H,8H2,1-2H3,(H,18,19). The molecule has 0 aliphatic rings. The second kappa shape index (κ2) is 5.35. The van der Waals surface area contributed by atoms with Gasteiger partial charge in [0.2, 0.25) is 5.95 Å². The first kappa shape index (κ1) is 13.3. The van der Waals surface area contributed by atoms with Crippen molar-refractivity contribution in [1.82, 2.24) is 19.9 Å². The lowest BCUT2D eigenvalue weighted by atomic mass is 10.3. The molecule has 0 aliphatic carbocycles. The molecule has 0 aliphatic heterocycles. The van der Waals surface area contributed by atoms with Gasteiger partial charge in [0.1, 0.15) is 11.6 Å². The summed E-state index contributed by atoms with van der Waals surface area (Å²) in [5.74, 6) is 1.59. The first-order chi connectivity index (χ1) is 10.2. The normalized spacial score (nSPS) is 10.8. The Kier molecular flexibility index (Phi) is 3.39. The highest BCUT2D eigenvalue weighted by Gasteiger charge is 2.09. The number of methoxy groups -OCH3 is 1. The molecule has 108 valence electrons. The predicted molar refractivity (Wildman–Crippen MR) is 76.7 cm³/mol. The SMILES string of the molecule is COc1cnc(N(C)Cc2nc3ccc(F)cc3[nH]2)nc1. The number of aromatic amines is 1. The Hall–Kier alpha value is -2.70. The van der Waals surface area contributed by atoms with Gasteiger partial charge in [0.15, 0.2) is 5.75 Å². The van der Waals surface area contributed by atoms with E-state index < -0.39 is 0 Å². The van der Waals surface area contributed by atoms with Crippen molar-refractivity contribution in [3.05, 3.63) is 42.2 Å². The summed E-state index contributed by atoms with van der Waals surface area (Å²) in [6.07, 6.45) is 3.21. The van der Waals surface area contributed by atoms with E-state index in [1.807, 2.05) is 11.9 Å². The molecule has 6 nitrogen and oxygen atoms in total. The molecule has 0 bridgehead atoms. The summed E-state index contributed by atoms with van der Waals surface area (Å²) in [4.78, 5) is 17.7. The molecule has 0 saturated heterocycles. The molecule has 7 heteroatoms. The predicted octanol–water partition coefficient (Wildman–Crippen LogP) is 2.14. The van der Waals surface area contributed by atoms with Crippen molar-refractivity contribution in [1.29, 1.82) is 0 Å². The molecule has 1 aromatic carbocycles. The Morgan fingerprint density at radius 1 is 1.29 bits per heavy atom. The topological polar surface area (TPSA) is 66.9 Å². The van der Waals surface area contributed by atoms with E-state index in [1.165, 1.54) is 12.1 Å². The van der Waals surface area contributed by atoms with Gasteiger partial charge in [-0.1, -0.05) is 0 Å². The number of hydrogen-bond acceptors (Lipinski definition) is 5. The summed E-state index contributed by atoms with van der Waals surface area (Å²) in [6.45, 7) is 0.489. The second-order valence-electron chi connectivity index (χ2n) is 4.62. The van der Waals surface area contributed by atoms with Crippen LogP contribution in [0.1, 0.15) is 5.82 Å². The van der Waals surface area contributed by atoms with Crippen LogP contribution in [0.15, 0.2) is 30.6 Å². The third-order valence-corrected chi connectivity index (χ3v) is 3.07. The number of nitrogens with zero attached hydrogens (tertiary/aromatic N) is 4. The Morgan fingerprint density at radius 2 is 2.05 bits per heavy atom. The molecule has 0 saturated carbocycles. The maximum absolute atomic E-state index is 13.2. The molecule has 0 spiro atoms. The first-order valence-electron chi connectivity index (χ1n) is 6.37. The lowest BCUT2D eigenvalue weighted by molar-refractivity contribution is 0.410. The molecule has 0 radical (unpaired) electrons. The van der Waals surface area contributed by atoms with E-state index >= 15 is 0 Å². The van der Waals surface area contributed by atoms with Crippen molar-refractivity contribution in [2.45, 2.75) is 6.54 Å². The van der Waals surface area contributed by atoms with Gasteiger partial charge in [-0.05, 0) is 18.2 Å². The summed E-state index contributed by atoms with van der Waals surface area (Å²) >= 11 is 0. The van der Waals surface area contributed by atoms with E-state index in [9.17, 15) is 4.39 Å². The smallest absolute Gasteiger partial charge is 0.225 e. The van der Waals surface area contributed by atoms with Crippen LogP contribution in [-0.2, 0) is 6.54 Å². The van der Waals surface area contributed by atoms with Gasteiger partial charge in [0.05, 0.1) is 37.1 Å². The molecule has 3 aromatic rings. The Bertz CT molecular complexity index is 756. The molecule has 21 heavy (non-hydrogen) atoms. The third-order valence-electron chi connectivity index (χ3n) is 3.07. The van der Waals surface area contributed by atoms with Crippen molar-refractivity contribution in [2.24, 2.45) is 0 Å². The number of aromatic nitrogens is 4. The van der Waals surface area contributed by atoms with Crippen LogP contribution in [0.25, 0.3) is 11.0 Å². The molecule has 2 heterocycles. The zero-order valence-corrected chi connectivity index (χ0v) is 11.7. The highest BCUT2D eigenvalue weighted by Crippen LogP contribution is 2.16. The van der Waals surface area contributed by atoms with Crippen LogP contribution in [0.5, 0.6) is 5.75 Å². The van der Waals surface area contributed by atoms with E-state index in [1.54, 1.807) is 25.6 Å². The molecule has 0 atom stereocenters. The lowest BCUT2D eigenvalue weighted by Gasteiger charge is -2.15. The number of fused-ring (bicyclic) bond motifs is 1. The Morgan fingerprint density at radius 3 is 2.76 bits per heavy atom. The number of anilines is 1. The number of benzene rings is 1. The number of imidazole rings is 1. The van der Waals surface area contributed by atoms with Crippen molar-refractivity contribution >= 4 is 17.0 Å². The summed E-state index contributed by atoms with van der Waals surface area (Å²) in [5, 5.41) is 0. The van der Waals surface area contributed by atoms with Gasteiger partial charge in [-0.15, -0.1) is 0 Å². The van der Waals surface area contributed by atoms with E-state index in [0.29, 0.717) is 23.8 Å². The van der Waals surface area contributed by atoms with E-state index in [2.05, 4.69) is 19.9 Å². The minimum absolute atomic E-state index is 0.287. The van der Waals surface area contributed by atoms with Crippen LogP contribution in [0.2, 0.25) is 0 Å². The average Bonchev–Trinajstić information content (AvgIpc) is 2.88. The van der Waals surface area contributed by atoms with Crippen LogP contribution in [-0.4, -0.2) is 34.1 Å².